The van der Waals surface area contributed by atoms with E-state index >= 15 is 0 Å². The lowest BCUT2D eigenvalue weighted by Crippen LogP contribution is -2.38. The maximum absolute atomic E-state index is 4.67. The van der Waals surface area contributed by atoms with Gasteiger partial charge in [0.05, 0.1) is 0 Å². The molecule has 0 fully saturated rings. The number of pyridine rings is 1. The van der Waals surface area contributed by atoms with E-state index in [0.29, 0.717) is 6.54 Å². The van der Waals surface area contributed by atoms with Crippen LogP contribution in [-0.4, -0.2) is 33.6 Å². The number of rotatable bonds is 6. The number of aliphatic imine (C=N–C) groups is 1. The van der Waals surface area contributed by atoms with Crippen molar-refractivity contribution >= 4 is 35.6 Å². The molecule has 2 heterocycles. The first-order chi connectivity index (χ1) is 13.1. The third-order valence-electron chi connectivity index (χ3n) is 4.61. The third-order valence-corrected chi connectivity index (χ3v) is 4.61. The summed E-state index contributed by atoms with van der Waals surface area (Å²) < 4.78 is 1.96. The number of nitrogens with one attached hydrogen (secondary N) is 2. The average Bonchev–Trinajstić information content (AvgIpc) is 3.05. The Bertz CT molecular complexity index is 924. The number of hydrogen-bond acceptors (Lipinski definition) is 3. The van der Waals surface area contributed by atoms with E-state index in [2.05, 4.69) is 65.7 Å². The molecule has 3 aromatic rings. The van der Waals surface area contributed by atoms with Gasteiger partial charge in [0.1, 0.15) is 6.54 Å². The van der Waals surface area contributed by atoms with Crippen LogP contribution in [0.5, 0.6) is 0 Å². The molecule has 0 atom stereocenters. The van der Waals surface area contributed by atoms with Gasteiger partial charge in [-0.1, -0.05) is 23.8 Å². The predicted molar refractivity (Wildman–Crippen MR) is 126 cm³/mol. The van der Waals surface area contributed by atoms with Crippen LogP contribution in [0.4, 0.5) is 0 Å². The number of fused-ring (bicyclic) bond motifs is 1. The summed E-state index contributed by atoms with van der Waals surface area (Å²) in [6, 6.07) is 10.4. The van der Waals surface area contributed by atoms with Gasteiger partial charge < -0.3 is 10.6 Å². The molecule has 0 bridgehead atoms. The molecule has 7 heteroatoms. The second kappa shape index (κ2) is 10.4. The molecule has 2 aromatic heterocycles. The van der Waals surface area contributed by atoms with Crippen LogP contribution in [0.15, 0.2) is 41.5 Å². The monoisotopic (exact) mass is 492 g/mol. The van der Waals surface area contributed by atoms with Gasteiger partial charge in [0, 0.05) is 19.3 Å². The van der Waals surface area contributed by atoms with E-state index in [1.54, 1.807) is 0 Å². The van der Waals surface area contributed by atoms with Crippen LogP contribution in [0.2, 0.25) is 0 Å². The van der Waals surface area contributed by atoms with Crippen LogP contribution in [0.25, 0.3) is 5.65 Å². The number of aryl methyl sites for hydroxylation is 3. The molecule has 0 unspecified atom stereocenters. The topological polar surface area (TPSA) is 66.6 Å². The second-order valence-electron chi connectivity index (χ2n) is 6.79. The Balaban J connectivity index is 0.00000280. The van der Waals surface area contributed by atoms with Crippen LogP contribution in [0.1, 0.15) is 35.0 Å². The van der Waals surface area contributed by atoms with Gasteiger partial charge >= 0.3 is 0 Å². The van der Waals surface area contributed by atoms with Gasteiger partial charge in [-0.05, 0) is 62.9 Å². The zero-order valence-electron chi connectivity index (χ0n) is 17.0. The van der Waals surface area contributed by atoms with Gasteiger partial charge in [-0.25, -0.2) is 4.99 Å². The molecule has 3 rings (SSSR count). The molecular formula is C21H29IN6. The molecule has 0 aliphatic carbocycles. The number of guanidine groups is 1. The molecular weight excluding hydrogens is 463 g/mol. The van der Waals surface area contributed by atoms with Crippen molar-refractivity contribution in [3.8, 4) is 0 Å². The fraction of sp³-hybridized carbons (Fsp3) is 0.381. The van der Waals surface area contributed by atoms with E-state index in [4.69, 9.17) is 0 Å². The van der Waals surface area contributed by atoms with Crippen LogP contribution in [0, 0.1) is 20.8 Å². The normalized spacial score (nSPS) is 11.4. The van der Waals surface area contributed by atoms with Crippen molar-refractivity contribution in [3.63, 3.8) is 0 Å². The summed E-state index contributed by atoms with van der Waals surface area (Å²) in [6.07, 6.45) is 2.93. The maximum atomic E-state index is 4.67. The van der Waals surface area contributed by atoms with E-state index in [0.717, 1.165) is 36.9 Å². The van der Waals surface area contributed by atoms with Gasteiger partial charge in [-0.3, -0.25) is 4.40 Å². The van der Waals surface area contributed by atoms with Crippen molar-refractivity contribution in [3.05, 3.63) is 64.6 Å². The molecule has 0 radical (unpaired) electrons. The molecule has 150 valence electrons. The first kappa shape index (κ1) is 22.1. The molecule has 6 nitrogen and oxygen atoms in total. The fourth-order valence-corrected chi connectivity index (χ4v) is 3.40. The van der Waals surface area contributed by atoms with E-state index < -0.39 is 0 Å². The minimum atomic E-state index is 0. The molecule has 0 amide bonds. The van der Waals surface area contributed by atoms with Crippen LogP contribution >= 0.6 is 24.0 Å². The van der Waals surface area contributed by atoms with Crippen molar-refractivity contribution in [1.82, 2.24) is 25.2 Å². The predicted octanol–water partition coefficient (Wildman–Crippen LogP) is 3.57. The Kier molecular flexibility index (Phi) is 8.22. The average molecular weight is 492 g/mol. The maximum Gasteiger partial charge on any atom is 0.191 e. The highest BCUT2D eigenvalue weighted by atomic mass is 127. The molecule has 28 heavy (non-hydrogen) atoms. The number of nitrogens with zero attached hydrogens (tertiary/aromatic N) is 4. The smallest absolute Gasteiger partial charge is 0.191 e. The van der Waals surface area contributed by atoms with Gasteiger partial charge in [0.2, 0.25) is 0 Å². The molecule has 0 saturated carbocycles. The highest BCUT2D eigenvalue weighted by Crippen LogP contribution is 2.16. The Hall–Kier alpha value is -2.16. The fourth-order valence-electron chi connectivity index (χ4n) is 3.40. The van der Waals surface area contributed by atoms with Crippen molar-refractivity contribution in [2.75, 3.05) is 13.1 Å². The van der Waals surface area contributed by atoms with Crippen molar-refractivity contribution in [2.45, 2.75) is 40.7 Å². The zero-order chi connectivity index (χ0) is 19.2. The molecule has 0 aliphatic rings. The quantitative estimate of drug-likeness (QED) is 0.314. The number of aromatic nitrogens is 3. The van der Waals surface area contributed by atoms with Crippen molar-refractivity contribution < 1.29 is 0 Å². The molecule has 0 saturated heterocycles. The molecule has 0 spiro atoms. The summed E-state index contributed by atoms with van der Waals surface area (Å²) >= 11 is 0. The zero-order valence-corrected chi connectivity index (χ0v) is 19.3. The first-order valence-electron chi connectivity index (χ1n) is 9.46. The molecule has 2 N–H and O–H groups in total. The van der Waals surface area contributed by atoms with Crippen LogP contribution in [-0.2, 0) is 13.0 Å². The summed E-state index contributed by atoms with van der Waals surface area (Å²) in [5.41, 5.74) is 6.27. The van der Waals surface area contributed by atoms with Crippen molar-refractivity contribution in [1.29, 1.82) is 0 Å². The number of benzene rings is 1. The van der Waals surface area contributed by atoms with Crippen LogP contribution < -0.4 is 10.6 Å². The highest BCUT2D eigenvalue weighted by Gasteiger charge is 2.06. The minimum absolute atomic E-state index is 0. The van der Waals surface area contributed by atoms with Gasteiger partial charge in [0.15, 0.2) is 17.4 Å². The van der Waals surface area contributed by atoms with Gasteiger partial charge in [-0.2, -0.15) is 0 Å². The lowest BCUT2D eigenvalue weighted by Gasteiger charge is -2.14. The summed E-state index contributed by atoms with van der Waals surface area (Å²) in [5.74, 6) is 1.63. The standard InChI is InChI=1S/C21H28N6.HI/c1-5-22-21(23-10-9-18-16(3)12-15(2)13-17(18)4)24-14-20-26-25-19-8-6-7-11-27(19)20;/h6-8,11-13H,5,9-10,14H2,1-4H3,(H2,22,23,24);1H. The number of halogens is 1. The SMILES string of the molecule is CCNC(=NCc1nnc2ccccn12)NCCc1c(C)cc(C)cc1C.I. The van der Waals surface area contributed by atoms with Crippen molar-refractivity contribution in [2.24, 2.45) is 4.99 Å². The summed E-state index contributed by atoms with van der Waals surface area (Å²) in [7, 11) is 0. The van der Waals surface area contributed by atoms with E-state index in [1.807, 2.05) is 28.8 Å². The number of hydrogen-bond donors (Lipinski definition) is 2. The Labute approximate surface area is 183 Å². The second-order valence-corrected chi connectivity index (χ2v) is 6.79. The van der Waals surface area contributed by atoms with E-state index in [1.165, 1.54) is 22.3 Å². The van der Waals surface area contributed by atoms with E-state index in [9.17, 15) is 0 Å². The largest absolute Gasteiger partial charge is 0.357 e. The van der Waals surface area contributed by atoms with Gasteiger partial charge in [0.25, 0.3) is 0 Å². The molecule has 0 aliphatic heterocycles. The Morgan fingerprint density at radius 1 is 1.07 bits per heavy atom. The minimum Gasteiger partial charge on any atom is -0.357 e. The summed E-state index contributed by atoms with van der Waals surface area (Å²) in [5, 5.41) is 15.1. The Morgan fingerprint density at radius 3 is 2.54 bits per heavy atom. The Morgan fingerprint density at radius 2 is 1.82 bits per heavy atom. The van der Waals surface area contributed by atoms with Crippen LogP contribution in [0.3, 0.4) is 0 Å². The lowest BCUT2D eigenvalue weighted by atomic mass is 9.97. The third kappa shape index (κ3) is 5.43. The summed E-state index contributed by atoms with van der Waals surface area (Å²) in [4.78, 5) is 4.67. The molecule has 1 aromatic carbocycles. The first-order valence-corrected chi connectivity index (χ1v) is 9.46. The van der Waals surface area contributed by atoms with Gasteiger partial charge in [-0.15, -0.1) is 34.2 Å². The lowest BCUT2D eigenvalue weighted by molar-refractivity contribution is 0.784. The summed E-state index contributed by atoms with van der Waals surface area (Å²) in [6.45, 7) is 10.7. The van der Waals surface area contributed by atoms with E-state index in [-0.39, 0.29) is 24.0 Å². The highest BCUT2D eigenvalue weighted by molar-refractivity contribution is 14.0.